The molecule has 0 aliphatic rings. The number of hydrogen-bond acceptors (Lipinski definition) is 4. The Kier molecular flexibility index (Phi) is 17.3. The van der Waals surface area contributed by atoms with Gasteiger partial charge in [0.05, 0.1) is 0 Å². The van der Waals surface area contributed by atoms with E-state index in [-0.39, 0.29) is 0 Å². The summed E-state index contributed by atoms with van der Waals surface area (Å²) in [6.45, 7) is 0. The molecule has 0 saturated carbocycles. The summed E-state index contributed by atoms with van der Waals surface area (Å²) in [5.41, 5.74) is 26.6. The van der Waals surface area contributed by atoms with Crippen molar-refractivity contribution in [3.8, 4) is 89.0 Å². The van der Waals surface area contributed by atoms with Crippen molar-refractivity contribution >= 4 is 185 Å². The molecule has 0 fully saturated rings. The maximum absolute atomic E-state index is 6.11. The Labute approximate surface area is 747 Å². The number of benzene rings is 24. The second kappa shape index (κ2) is 30.3. The third-order valence-corrected chi connectivity index (χ3v) is 27.0. The average molecular weight is 1650 g/mol. The molecule has 0 atom stereocenters. The van der Waals surface area contributed by atoms with Gasteiger partial charge in [-0.1, -0.05) is 346 Å². The average Bonchev–Trinajstić information content (AvgIpc) is 1.35. The van der Waals surface area contributed by atoms with Gasteiger partial charge in [-0.3, -0.25) is 0 Å². The summed E-state index contributed by atoms with van der Waals surface area (Å²) < 4.78 is 24.3. The monoisotopic (exact) mass is 1650 g/mol. The van der Waals surface area contributed by atoms with Crippen molar-refractivity contribution in [2.75, 3.05) is 0 Å². The molecule has 28 rings (SSSR count). The molecule has 130 heavy (non-hydrogen) atoms. The highest BCUT2D eigenvalue weighted by molar-refractivity contribution is 6.29. The summed E-state index contributed by atoms with van der Waals surface area (Å²) in [6, 6.07) is 166. The fourth-order valence-corrected chi connectivity index (χ4v) is 20.7. The number of hydrogen-bond donors (Lipinski definition) is 0. The van der Waals surface area contributed by atoms with Crippen LogP contribution in [-0.2, 0) is 0 Å². The van der Waals surface area contributed by atoms with Crippen LogP contribution < -0.4 is 0 Å². The normalized spacial score (nSPS) is 11.8. The van der Waals surface area contributed by atoms with E-state index < -0.39 is 0 Å². The lowest BCUT2D eigenvalue weighted by atomic mass is 9.89. The number of furan rings is 4. The lowest BCUT2D eigenvalue weighted by Crippen LogP contribution is -1.87. The van der Waals surface area contributed by atoms with E-state index in [1.54, 1.807) is 0 Å². The van der Waals surface area contributed by atoms with E-state index in [0.717, 1.165) is 87.8 Å². The predicted molar refractivity (Wildman–Crippen MR) is 549 cm³/mol. The molecule has 4 aromatic heterocycles. The van der Waals surface area contributed by atoms with Crippen molar-refractivity contribution in [2.45, 2.75) is 0 Å². The minimum Gasteiger partial charge on any atom is -0.456 e. The first-order valence-electron chi connectivity index (χ1n) is 44.5. The molecular formula is C126H76O4. The second-order valence-electron chi connectivity index (χ2n) is 34.3. The van der Waals surface area contributed by atoms with Crippen LogP contribution in [0.25, 0.3) is 274 Å². The Morgan fingerprint density at radius 1 is 0.0846 bits per heavy atom. The van der Waals surface area contributed by atoms with Gasteiger partial charge < -0.3 is 17.7 Å². The molecule has 4 heteroatoms. The van der Waals surface area contributed by atoms with Crippen molar-refractivity contribution < 1.29 is 17.7 Å². The predicted octanol–water partition coefficient (Wildman–Crippen LogP) is 36.4. The van der Waals surface area contributed by atoms with Gasteiger partial charge in [-0.25, -0.2) is 0 Å². The Bertz CT molecular complexity index is 9210. The van der Waals surface area contributed by atoms with Gasteiger partial charge in [-0.2, -0.15) is 0 Å². The SMILES string of the molecule is c1cc(-c2ccc3oc4ccccc4c3c2)cc(-c2ccc3c4ccc(-c5cccc(-c6ccc7oc8ccccc8c7c6)c5)cc4c4ccccc4c3c2)c1.c1cc(-c2ccc3oc4ccccc4c3c2)cc(-c2ccc3c4ccccc4c4ccccc4c3c2)c1.c1ccc(-c2ccc3c4ccccc4c4ccccc4c3c2)c(-c2ccc3oc4ccccc4c3c2)c1. The van der Waals surface area contributed by atoms with Gasteiger partial charge in [-0.05, 0) is 301 Å². The maximum Gasteiger partial charge on any atom is 0.135 e. The summed E-state index contributed by atoms with van der Waals surface area (Å²) in [5.74, 6) is 0. The summed E-state index contributed by atoms with van der Waals surface area (Å²) in [4.78, 5) is 0. The van der Waals surface area contributed by atoms with Gasteiger partial charge in [0.25, 0.3) is 0 Å². The minimum absolute atomic E-state index is 0.915. The molecule has 0 bridgehead atoms. The van der Waals surface area contributed by atoms with Crippen LogP contribution >= 0.6 is 0 Å². The van der Waals surface area contributed by atoms with E-state index in [2.05, 4.69) is 413 Å². The molecule has 0 radical (unpaired) electrons. The lowest BCUT2D eigenvalue weighted by Gasteiger charge is -2.14. The summed E-state index contributed by atoms with van der Waals surface area (Å²) in [7, 11) is 0. The van der Waals surface area contributed by atoms with Crippen molar-refractivity contribution in [1.82, 2.24) is 0 Å². The van der Waals surface area contributed by atoms with E-state index in [0.29, 0.717) is 0 Å². The topological polar surface area (TPSA) is 52.6 Å². The highest BCUT2D eigenvalue weighted by Crippen LogP contribution is 2.47. The zero-order valence-electron chi connectivity index (χ0n) is 70.5. The molecule has 0 aliphatic heterocycles. The molecule has 0 aliphatic carbocycles. The van der Waals surface area contributed by atoms with Crippen LogP contribution in [0.5, 0.6) is 0 Å². The fraction of sp³-hybridized carbons (Fsp3) is 0. The molecule has 0 saturated heterocycles. The Balaban J connectivity index is 0.000000106. The summed E-state index contributed by atoms with van der Waals surface area (Å²) in [6.07, 6.45) is 0. The van der Waals surface area contributed by atoms with Gasteiger partial charge in [0.15, 0.2) is 0 Å². The molecule has 0 N–H and O–H groups in total. The van der Waals surface area contributed by atoms with E-state index >= 15 is 0 Å². The van der Waals surface area contributed by atoms with Crippen LogP contribution in [-0.4, -0.2) is 0 Å². The summed E-state index contributed by atoms with van der Waals surface area (Å²) >= 11 is 0. The van der Waals surface area contributed by atoms with Crippen molar-refractivity contribution in [3.63, 3.8) is 0 Å². The number of rotatable bonds is 8. The summed E-state index contributed by atoms with van der Waals surface area (Å²) in [5, 5.41) is 32.3. The van der Waals surface area contributed by atoms with Gasteiger partial charge in [0.2, 0.25) is 0 Å². The van der Waals surface area contributed by atoms with Crippen molar-refractivity contribution in [1.29, 1.82) is 0 Å². The molecule has 0 unspecified atom stereocenters. The Morgan fingerprint density at radius 2 is 0.238 bits per heavy atom. The Morgan fingerprint density at radius 3 is 0.492 bits per heavy atom. The number of para-hydroxylation sites is 4. The third kappa shape index (κ3) is 12.5. The first-order valence-corrected chi connectivity index (χ1v) is 44.5. The Hall–Kier alpha value is -17.2. The third-order valence-electron chi connectivity index (χ3n) is 27.0. The molecule has 28 aromatic rings. The molecule has 604 valence electrons. The standard InChI is InChI=1S/C54H32O2.2C36H22O/c1-2-14-42-41(13-1)47-29-37(33-9-7-11-35(27-33)39-21-25-53-49(31-39)45-15-3-5-17-51(45)55-53)19-23-43(47)44-24-20-38(30-48(42)44)34-10-8-12-36(28-34)40-22-26-54-50(32-40)46-16-4-6-18-52(46)56-54;1-2-12-29-27(10-1)28-11-3-4-13-30(28)33-21-25(16-18-31(29)33)23-8-7-9-24(20-23)26-17-19-36-34(22-26)32-14-5-6-15-35(32)37-36;1-2-10-26(24-18-20-36-34(22-24)32-15-7-8-16-35(32)37-36)25(9-1)23-17-19-31-29-13-4-3-11-27(29)28-12-5-6-14-30(28)33(31)21-23/h1-32H;2*1-22H. The number of fused-ring (bicyclic) bond motifs is 30. The molecule has 4 heterocycles. The van der Waals surface area contributed by atoms with Crippen LogP contribution in [0.15, 0.2) is 479 Å². The van der Waals surface area contributed by atoms with Crippen LogP contribution in [0.1, 0.15) is 0 Å². The molecule has 0 amide bonds. The van der Waals surface area contributed by atoms with Crippen LogP contribution in [0.4, 0.5) is 0 Å². The first-order chi connectivity index (χ1) is 64.4. The van der Waals surface area contributed by atoms with E-state index in [9.17, 15) is 0 Å². The minimum atomic E-state index is 0.915. The lowest BCUT2D eigenvalue weighted by molar-refractivity contribution is 0.668. The molecule has 24 aromatic carbocycles. The van der Waals surface area contributed by atoms with E-state index in [1.807, 2.05) is 48.5 Å². The second-order valence-corrected chi connectivity index (χ2v) is 34.3. The fourth-order valence-electron chi connectivity index (χ4n) is 20.7. The van der Waals surface area contributed by atoms with Crippen molar-refractivity contribution in [3.05, 3.63) is 461 Å². The highest BCUT2D eigenvalue weighted by Gasteiger charge is 2.20. The molecule has 4 nitrogen and oxygen atoms in total. The smallest absolute Gasteiger partial charge is 0.135 e. The van der Waals surface area contributed by atoms with Gasteiger partial charge >= 0.3 is 0 Å². The van der Waals surface area contributed by atoms with Crippen LogP contribution in [0.3, 0.4) is 0 Å². The van der Waals surface area contributed by atoms with E-state index in [4.69, 9.17) is 17.7 Å². The van der Waals surface area contributed by atoms with Crippen LogP contribution in [0, 0.1) is 0 Å². The van der Waals surface area contributed by atoms with Crippen LogP contribution in [0.2, 0.25) is 0 Å². The quantitative estimate of drug-likeness (QED) is 0.142. The van der Waals surface area contributed by atoms with E-state index in [1.165, 1.54) is 186 Å². The maximum atomic E-state index is 6.11. The first kappa shape index (κ1) is 74.3. The molecular weight excluding hydrogens is 1580 g/mol. The van der Waals surface area contributed by atoms with Gasteiger partial charge in [-0.15, -0.1) is 0 Å². The zero-order valence-corrected chi connectivity index (χ0v) is 70.5. The van der Waals surface area contributed by atoms with Crippen molar-refractivity contribution in [2.24, 2.45) is 0 Å². The zero-order chi connectivity index (χ0) is 85.4. The molecule has 0 spiro atoms. The highest BCUT2D eigenvalue weighted by atomic mass is 16.3. The van der Waals surface area contributed by atoms with Gasteiger partial charge in [0, 0.05) is 43.1 Å². The van der Waals surface area contributed by atoms with Gasteiger partial charge in [0.1, 0.15) is 44.7 Å². The largest absolute Gasteiger partial charge is 0.456 e.